The predicted octanol–water partition coefficient (Wildman–Crippen LogP) is 6.44. The van der Waals surface area contributed by atoms with Crippen molar-refractivity contribution >= 4 is 57.3 Å². The maximum Gasteiger partial charge on any atom is 0.236 e. The molecule has 0 fully saturated rings. The van der Waals surface area contributed by atoms with Crippen LogP contribution in [0.2, 0.25) is 10.0 Å². The van der Waals surface area contributed by atoms with Crippen molar-refractivity contribution in [2.24, 2.45) is 0 Å². The van der Waals surface area contributed by atoms with Gasteiger partial charge in [0.05, 0.1) is 5.75 Å². The number of hydrogen-bond acceptors (Lipinski definition) is 7. The highest BCUT2D eigenvalue weighted by molar-refractivity contribution is 7.99. The minimum Gasteiger partial charge on any atom is -0.486 e. The van der Waals surface area contributed by atoms with Crippen molar-refractivity contribution in [1.29, 1.82) is 0 Å². The third-order valence-corrected chi connectivity index (χ3v) is 7.48. The standard InChI is InChI=1S/C25H23Cl2N5O2S2/c1-3-10-32-22(14-34-19-7-4-16(2)5-8-19)30-31-25(32)35-15-23(33)29-24-28-13-20(36-24)12-17-11-18(26)6-9-21(17)27/h3-9,11,13H,1,10,12,14-15H2,2H3,(H,28,29,33). The number of anilines is 1. The predicted molar refractivity (Wildman–Crippen MR) is 146 cm³/mol. The molecule has 2 aromatic carbocycles. The number of aromatic nitrogens is 4. The molecule has 0 unspecified atom stereocenters. The summed E-state index contributed by atoms with van der Waals surface area (Å²) >= 11 is 15.0. The largest absolute Gasteiger partial charge is 0.486 e. The van der Waals surface area contributed by atoms with Crippen LogP contribution in [0.15, 0.2) is 66.5 Å². The van der Waals surface area contributed by atoms with Crippen LogP contribution in [0.1, 0.15) is 21.8 Å². The molecule has 0 bridgehead atoms. The van der Waals surface area contributed by atoms with Gasteiger partial charge in [0.15, 0.2) is 16.1 Å². The quantitative estimate of drug-likeness (QED) is 0.168. The van der Waals surface area contributed by atoms with Crippen molar-refractivity contribution in [1.82, 2.24) is 19.7 Å². The highest BCUT2D eigenvalue weighted by atomic mass is 35.5. The first-order valence-corrected chi connectivity index (χ1v) is 13.5. The lowest BCUT2D eigenvalue weighted by atomic mass is 10.1. The van der Waals surface area contributed by atoms with Crippen LogP contribution in [0.4, 0.5) is 5.13 Å². The number of rotatable bonds is 11. The molecule has 0 aliphatic heterocycles. The maximum atomic E-state index is 12.6. The molecule has 0 spiro atoms. The average molecular weight is 561 g/mol. The van der Waals surface area contributed by atoms with Gasteiger partial charge in [0.1, 0.15) is 12.4 Å². The number of amides is 1. The number of carbonyl (C=O) groups is 1. The number of carbonyl (C=O) groups excluding carboxylic acids is 1. The van der Waals surface area contributed by atoms with E-state index in [9.17, 15) is 4.79 Å². The average Bonchev–Trinajstić information content (AvgIpc) is 3.46. The summed E-state index contributed by atoms with van der Waals surface area (Å²) in [5.74, 6) is 1.38. The van der Waals surface area contributed by atoms with Crippen LogP contribution in [-0.2, 0) is 24.4 Å². The van der Waals surface area contributed by atoms with Gasteiger partial charge in [-0.15, -0.1) is 28.1 Å². The zero-order chi connectivity index (χ0) is 25.5. The van der Waals surface area contributed by atoms with Gasteiger partial charge < -0.3 is 10.1 Å². The smallest absolute Gasteiger partial charge is 0.236 e. The van der Waals surface area contributed by atoms with Crippen molar-refractivity contribution < 1.29 is 9.53 Å². The molecular formula is C25H23Cl2N5O2S2. The van der Waals surface area contributed by atoms with Crippen LogP contribution >= 0.6 is 46.3 Å². The molecule has 2 aromatic heterocycles. The fourth-order valence-corrected chi connectivity index (χ4v) is 5.22. The summed E-state index contributed by atoms with van der Waals surface area (Å²) in [7, 11) is 0. The minimum atomic E-state index is -0.188. The van der Waals surface area contributed by atoms with E-state index in [1.54, 1.807) is 24.4 Å². The van der Waals surface area contributed by atoms with Crippen LogP contribution in [-0.4, -0.2) is 31.4 Å². The summed E-state index contributed by atoms with van der Waals surface area (Å²) in [6, 6.07) is 13.2. The van der Waals surface area contributed by atoms with Crippen LogP contribution in [0, 0.1) is 6.92 Å². The first-order valence-electron chi connectivity index (χ1n) is 10.9. The number of hydrogen-bond donors (Lipinski definition) is 1. The number of allylic oxidation sites excluding steroid dienone is 1. The van der Waals surface area contributed by atoms with Crippen molar-refractivity contribution in [2.45, 2.75) is 31.7 Å². The zero-order valence-corrected chi connectivity index (χ0v) is 22.6. The fraction of sp³-hybridized carbons (Fsp3) is 0.200. The Labute approximate surface area is 227 Å². The summed E-state index contributed by atoms with van der Waals surface area (Å²) in [6.45, 7) is 6.60. The summed E-state index contributed by atoms with van der Waals surface area (Å²) < 4.78 is 7.73. The van der Waals surface area contributed by atoms with Crippen molar-refractivity contribution in [3.05, 3.63) is 93.2 Å². The van der Waals surface area contributed by atoms with Gasteiger partial charge in [0.25, 0.3) is 0 Å². The molecule has 0 aliphatic carbocycles. The van der Waals surface area contributed by atoms with Crippen LogP contribution < -0.4 is 10.1 Å². The number of ether oxygens (including phenoxy) is 1. The van der Waals surface area contributed by atoms with E-state index >= 15 is 0 Å². The Hall–Kier alpha value is -2.85. The van der Waals surface area contributed by atoms with Gasteiger partial charge in [-0.2, -0.15) is 0 Å². The lowest BCUT2D eigenvalue weighted by Gasteiger charge is -2.09. The third kappa shape index (κ3) is 7.10. The Morgan fingerprint density at radius 2 is 2.03 bits per heavy atom. The number of halogens is 2. The monoisotopic (exact) mass is 559 g/mol. The van der Waals surface area contributed by atoms with Gasteiger partial charge in [-0.1, -0.05) is 58.7 Å². The topological polar surface area (TPSA) is 81.9 Å². The fourth-order valence-electron chi connectivity index (χ4n) is 3.23. The molecule has 36 heavy (non-hydrogen) atoms. The molecule has 11 heteroatoms. The van der Waals surface area contributed by atoms with E-state index in [2.05, 4.69) is 27.1 Å². The molecule has 4 rings (SSSR count). The highest BCUT2D eigenvalue weighted by Gasteiger charge is 2.15. The molecule has 186 valence electrons. The molecule has 0 aliphatic rings. The normalized spacial score (nSPS) is 10.9. The lowest BCUT2D eigenvalue weighted by Crippen LogP contribution is -2.14. The van der Waals surface area contributed by atoms with Gasteiger partial charge in [-0.05, 0) is 42.8 Å². The van der Waals surface area contributed by atoms with Crippen molar-refractivity contribution in [2.75, 3.05) is 11.1 Å². The summed E-state index contributed by atoms with van der Waals surface area (Å²) in [5.41, 5.74) is 2.07. The van der Waals surface area contributed by atoms with Crippen LogP contribution in [0.3, 0.4) is 0 Å². The molecule has 2 heterocycles. The Morgan fingerprint density at radius 1 is 1.22 bits per heavy atom. The molecule has 1 amide bonds. The van der Waals surface area contributed by atoms with E-state index in [0.717, 1.165) is 21.8 Å². The lowest BCUT2D eigenvalue weighted by molar-refractivity contribution is -0.113. The SMILES string of the molecule is C=CCn1c(COc2ccc(C)cc2)nnc1SCC(=O)Nc1ncc(Cc2cc(Cl)ccc2Cl)s1. The molecule has 0 atom stereocenters. The van der Waals surface area contributed by atoms with E-state index in [-0.39, 0.29) is 18.3 Å². The van der Waals surface area contributed by atoms with Gasteiger partial charge in [0, 0.05) is 34.1 Å². The second kappa shape index (κ2) is 12.4. The molecule has 0 radical (unpaired) electrons. The van der Waals surface area contributed by atoms with Gasteiger partial charge in [-0.3, -0.25) is 9.36 Å². The van der Waals surface area contributed by atoms with Gasteiger partial charge in [0.2, 0.25) is 5.91 Å². The number of aryl methyl sites for hydroxylation is 1. The summed E-state index contributed by atoms with van der Waals surface area (Å²) in [5, 5.41) is 13.7. The van der Waals surface area contributed by atoms with E-state index in [1.165, 1.54) is 23.1 Å². The summed E-state index contributed by atoms with van der Waals surface area (Å²) in [6.07, 6.45) is 4.07. The number of benzene rings is 2. The van der Waals surface area contributed by atoms with Crippen molar-refractivity contribution in [3.63, 3.8) is 0 Å². The van der Waals surface area contributed by atoms with E-state index in [4.69, 9.17) is 27.9 Å². The first kappa shape index (κ1) is 26.2. The Balaban J connectivity index is 1.32. The molecular weight excluding hydrogens is 537 g/mol. The zero-order valence-electron chi connectivity index (χ0n) is 19.4. The second-order valence-electron chi connectivity index (χ2n) is 7.78. The second-order valence-corrected chi connectivity index (χ2v) is 10.7. The molecule has 0 saturated heterocycles. The van der Waals surface area contributed by atoms with Gasteiger partial charge in [-0.25, -0.2) is 4.98 Å². The van der Waals surface area contributed by atoms with Crippen LogP contribution in [0.5, 0.6) is 5.75 Å². The van der Waals surface area contributed by atoms with Crippen molar-refractivity contribution in [3.8, 4) is 5.75 Å². The molecule has 1 N–H and O–H groups in total. The third-order valence-electron chi connectivity index (χ3n) is 5.00. The molecule has 0 saturated carbocycles. The van der Waals surface area contributed by atoms with Gasteiger partial charge >= 0.3 is 0 Å². The maximum absolute atomic E-state index is 12.6. The Bertz CT molecular complexity index is 1350. The highest BCUT2D eigenvalue weighted by Crippen LogP contribution is 2.27. The van der Waals surface area contributed by atoms with E-state index in [1.807, 2.05) is 41.8 Å². The molecule has 7 nitrogen and oxygen atoms in total. The first-order chi connectivity index (χ1) is 17.4. The van der Waals surface area contributed by atoms with Crippen LogP contribution in [0.25, 0.3) is 0 Å². The van der Waals surface area contributed by atoms with E-state index < -0.39 is 0 Å². The number of thioether (sulfide) groups is 1. The molecule has 4 aromatic rings. The Kier molecular flexibility index (Phi) is 9.03. The minimum absolute atomic E-state index is 0.156. The summed E-state index contributed by atoms with van der Waals surface area (Å²) in [4.78, 5) is 17.8. The number of thiazole rings is 1. The number of nitrogens with one attached hydrogen (secondary N) is 1. The number of nitrogens with zero attached hydrogens (tertiary/aromatic N) is 4. The Morgan fingerprint density at radius 3 is 2.81 bits per heavy atom. The van der Waals surface area contributed by atoms with E-state index in [0.29, 0.717) is 39.1 Å².